The molecule has 1 aromatic carbocycles. The summed E-state index contributed by atoms with van der Waals surface area (Å²) >= 11 is 5.85. The van der Waals surface area contributed by atoms with Crippen molar-refractivity contribution < 1.29 is 9.84 Å². The van der Waals surface area contributed by atoms with Crippen molar-refractivity contribution in [3.63, 3.8) is 0 Å². The van der Waals surface area contributed by atoms with Crippen LogP contribution < -0.4 is 4.74 Å². The van der Waals surface area contributed by atoms with Gasteiger partial charge in [0.05, 0.1) is 6.10 Å². The highest BCUT2D eigenvalue weighted by molar-refractivity contribution is 6.30. The Morgan fingerprint density at radius 3 is 3.00 bits per heavy atom. The number of aryl methyl sites for hydroxylation is 2. The van der Waals surface area contributed by atoms with Crippen LogP contribution in [0.4, 0.5) is 0 Å². The van der Waals surface area contributed by atoms with Gasteiger partial charge in [0.1, 0.15) is 18.2 Å². The van der Waals surface area contributed by atoms with Crippen molar-refractivity contribution in [1.82, 2.24) is 9.55 Å². The van der Waals surface area contributed by atoms with Gasteiger partial charge in [-0.1, -0.05) is 17.7 Å². The summed E-state index contributed by atoms with van der Waals surface area (Å²) in [6.07, 6.45) is 4.47. The van der Waals surface area contributed by atoms with Gasteiger partial charge in [0.15, 0.2) is 0 Å². The molecule has 0 aliphatic heterocycles. The summed E-state index contributed by atoms with van der Waals surface area (Å²) in [6.45, 7) is 0.255. The van der Waals surface area contributed by atoms with Gasteiger partial charge in [-0.05, 0) is 24.6 Å². The third-order valence-electron chi connectivity index (χ3n) is 2.86. The zero-order chi connectivity index (χ0) is 13.7. The van der Waals surface area contributed by atoms with E-state index in [2.05, 4.69) is 4.98 Å². The van der Waals surface area contributed by atoms with E-state index in [0.29, 0.717) is 17.2 Å². The lowest BCUT2D eigenvalue weighted by Crippen LogP contribution is -2.19. The quantitative estimate of drug-likeness (QED) is 0.884. The highest BCUT2D eigenvalue weighted by atomic mass is 35.5. The van der Waals surface area contributed by atoms with Gasteiger partial charge in [-0.3, -0.25) is 0 Å². The second kappa shape index (κ2) is 6.59. The summed E-state index contributed by atoms with van der Waals surface area (Å²) in [5.74, 6) is 1.63. The van der Waals surface area contributed by atoms with Gasteiger partial charge in [-0.15, -0.1) is 0 Å². The van der Waals surface area contributed by atoms with Gasteiger partial charge < -0.3 is 14.4 Å². The third-order valence-corrected chi connectivity index (χ3v) is 3.10. The van der Waals surface area contributed by atoms with E-state index < -0.39 is 6.10 Å². The zero-order valence-corrected chi connectivity index (χ0v) is 11.5. The molecule has 0 amide bonds. The Labute approximate surface area is 117 Å². The van der Waals surface area contributed by atoms with Crippen molar-refractivity contribution in [2.75, 3.05) is 6.61 Å². The number of nitrogens with zero attached hydrogens (tertiary/aromatic N) is 2. The van der Waals surface area contributed by atoms with Gasteiger partial charge in [0, 0.05) is 30.9 Å². The highest BCUT2D eigenvalue weighted by Gasteiger charge is 2.08. The molecule has 0 aliphatic carbocycles. The maximum Gasteiger partial charge on any atom is 0.120 e. The van der Waals surface area contributed by atoms with Crippen LogP contribution in [0.25, 0.3) is 0 Å². The van der Waals surface area contributed by atoms with Gasteiger partial charge in [-0.2, -0.15) is 0 Å². The van der Waals surface area contributed by atoms with Gasteiger partial charge in [-0.25, -0.2) is 4.98 Å². The van der Waals surface area contributed by atoms with Crippen LogP contribution in [0.5, 0.6) is 5.75 Å². The van der Waals surface area contributed by atoms with Crippen molar-refractivity contribution in [3.05, 3.63) is 47.5 Å². The molecular weight excluding hydrogens is 264 g/mol. The van der Waals surface area contributed by atoms with Crippen molar-refractivity contribution >= 4 is 11.6 Å². The summed E-state index contributed by atoms with van der Waals surface area (Å²) in [5.41, 5.74) is 0. The molecule has 1 N–H and O–H groups in total. The van der Waals surface area contributed by atoms with Crippen molar-refractivity contribution in [2.45, 2.75) is 18.9 Å². The Hall–Kier alpha value is -1.52. The van der Waals surface area contributed by atoms with Crippen molar-refractivity contribution in [3.8, 4) is 5.75 Å². The molecule has 0 saturated heterocycles. The molecule has 1 atom stereocenters. The number of halogens is 1. The van der Waals surface area contributed by atoms with Gasteiger partial charge in [0.2, 0.25) is 0 Å². The summed E-state index contributed by atoms with van der Waals surface area (Å²) in [5, 5.41) is 10.5. The van der Waals surface area contributed by atoms with Gasteiger partial charge >= 0.3 is 0 Å². The molecule has 1 aromatic heterocycles. The number of imidazole rings is 1. The van der Waals surface area contributed by atoms with Crippen LogP contribution in [-0.2, 0) is 13.5 Å². The highest BCUT2D eigenvalue weighted by Crippen LogP contribution is 2.17. The molecule has 1 unspecified atom stereocenters. The van der Waals surface area contributed by atoms with E-state index in [-0.39, 0.29) is 6.61 Å². The van der Waals surface area contributed by atoms with E-state index in [1.165, 1.54) is 0 Å². The first kappa shape index (κ1) is 13.9. The average molecular weight is 281 g/mol. The Balaban J connectivity index is 1.76. The first-order chi connectivity index (χ1) is 9.15. The SMILES string of the molecule is Cn1ccnc1CCC(O)COc1cccc(Cl)c1. The summed E-state index contributed by atoms with van der Waals surface area (Å²) in [6, 6.07) is 7.15. The molecular formula is C14H17ClN2O2. The van der Waals surface area contributed by atoms with Crippen molar-refractivity contribution in [1.29, 1.82) is 0 Å². The van der Waals surface area contributed by atoms with Crippen LogP contribution in [0.3, 0.4) is 0 Å². The number of rotatable bonds is 6. The fraction of sp³-hybridized carbons (Fsp3) is 0.357. The van der Waals surface area contributed by atoms with Crippen LogP contribution in [0.15, 0.2) is 36.7 Å². The molecule has 0 bridgehead atoms. The Bertz CT molecular complexity index is 528. The van der Waals surface area contributed by atoms with Crippen LogP contribution >= 0.6 is 11.6 Å². The van der Waals surface area contributed by atoms with Crippen LogP contribution in [0.2, 0.25) is 5.02 Å². The second-order valence-corrected chi connectivity index (χ2v) is 4.85. The van der Waals surface area contributed by atoms with Crippen LogP contribution in [-0.4, -0.2) is 27.4 Å². The van der Waals surface area contributed by atoms with Gasteiger partial charge in [0.25, 0.3) is 0 Å². The minimum Gasteiger partial charge on any atom is -0.491 e. The first-order valence-corrected chi connectivity index (χ1v) is 6.55. The molecule has 0 aliphatic rings. The lowest BCUT2D eigenvalue weighted by Gasteiger charge is -2.12. The van der Waals surface area contributed by atoms with E-state index in [0.717, 1.165) is 12.2 Å². The fourth-order valence-electron chi connectivity index (χ4n) is 1.77. The smallest absolute Gasteiger partial charge is 0.120 e. The van der Waals surface area contributed by atoms with E-state index in [1.54, 1.807) is 18.3 Å². The van der Waals surface area contributed by atoms with E-state index >= 15 is 0 Å². The number of hydrogen-bond acceptors (Lipinski definition) is 3. The lowest BCUT2D eigenvalue weighted by molar-refractivity contribution is 0.0996. The van der Waals surface area contributed by atoms with Crippen LogP contribution in [0, 0.1) is 0 Å². The summed E-state index contributed by atoms with van der Waals surface area (Å²) in [4.78, 5) is 4.21. The number of aliphatic hydroxyl groups is 1. The van der Waals surface area contributed by atoms with Crippen molar-refractivity contribution in [2.24, 2.45) is 7.05 Å². The predicted molar refractivity (Wildman–Crippen MR) is 74.5 cm³/mol. The Morgan fingerprint density at radius 2 is 2.32 bits per heavy atom. The average Bonchev–Trinajstić information content (AvgIpc) is 2.80. The molecule has 2 aromatic rings. The number of aliphatic hydroxyl groups excluding tert-OH is 1. The number of ether oxygens (including phenoxy) is 1. The minimum atomic E-state index is -0.518. The maximum absolute atomic E-state index is 9.87. The number of aromatic nitrogens is 2. The Morgan fingerprint density at radius 1 is 1.47 bits per heavy atom. The van der Waals surface area contributed by atoms with E-state index in [9.17, 15) is 5.11 Å². The molecule has 102 valence electrons. The second-order valence-electron chi connectivity index (χ2n) is 4.42. The molecule has 0 spiro atoms. The first-order valence-electron chi connectivity index (χ1n) is 6.18. The molecule has 5 heteroatoms. The topological polar surface area (TPSA) is 47.3 Å². The fourth-order valence-corrected chi connectivity index (χ4v) is 1.95. The van der Waals surface area contributed by atoms with Crippen LogP contribution in [0.1, 0.15) is 12.2 Å². The molecule has 0 radical (unpaired) electrons. The number of hydrogen-bond donors (Lipinski definition) is 1. The third kappa shape index (κ3) is 4.26. The molecule has 0 saturated carbocycles. The maximum atomic E-state index is 9.87. The normalized spacial score (nSPS) is 12.4. The summed E-state index contributed by atoms with van der Waals surface area (Å²) < 4.78 is 7.44. The molecule has 2 rings (SSSR count). The van der Waals surface area contributed by atoms with E-state index in [1.807, 2.05) is 29.9 Å². The summed E-state index contributed by atoms with van der Waals surface area (Å²) in [7, 11) is 1.94. The molecule has 1 heterocycles. The van der Waals surface area contributed by atoms with E-state index in [4.69, 9.17) is 16.3 Å². The standard InChI is InChI=1S/C14H17ClN2O2/c1-17-8-7-16-14(17)6-5-12(18)10-19-13-4-2-3-11(15)9-13/h2-4,7-9,12,18H,5-6,10H2,1H3. The molecule has 0 fully saturated rings. The molecule has 19 heavy (non-hydrogen) atoms. The predicted octanol–water partition coefficient (Wildman–Crippen LogP) is 2.45. The largest absolute Gasteiger partial charge is 0.491 e. The monoisotopic (exact) mass is 280 g/mol. The minimum absolute atomic E-state index is 0.255. The molecule has 4 nitrogen and oxygen atoms in total. The Kier molecular flexibility index (Phi) is 4.82. The zero-order valence-electron chi connectivity index (χ0n) is 10.8. The number of benzene rings is 1. The lowest BCUT2D eigenvalue weighted by atomic mass is 10.2.